The first kappa shape index (κ1) is 12.7. The van der Waals surface area contributed by atoms with Crippen molar-refractivity contribution in [1.82, 2.24) is 4.57 Å². The summed E-state index contributed by atoms with van der Waals surface area (Å²) >= 11 is 3.52. The lowest BCUT2D eigenvalue weighted by Crippen LogP contribution is -2.00. The van der Waals surface area contributed by atoms with Crippen LogP contribution in [0.3, 0.4) is 0 Å². The lowest BCUT2D eigenvalue weighted by molar-refractivity contribution is 0.273. The third-order valence-electron chi connectivity index (χ3n) is 3.19. The van der Waals surface area contributed by atoms with Gasteiger partial charge in [-0.1, -0.05) is 28.9 Å². The van der Waals surface area contributed by atoms with Crippen molar-refractivity contribution in [2.24, 2.45) is 0 Å². The van der Waals surface area contributed by atoms with Crippen LogP contribution in [-0.4, -0.2) is 16.3 Å². The molecule has 0 amide bonds. The SMILES string of the molecule is CC(CO)c1cn(C(C)C)c2cc(Br)ccc12. The largest absolute Gasteiger partial charge is 0.396 e. The summed E-state index contributed by atoms with van der Waals surface area (Å²) in [6.07, 6.45) is 2.17. The number of hydrogen-bond acceptors (Lipinski definition) is 1. The number of aliphatic hydroxyl groups is 1. The second kappa shape index (κ2) is 4.83. The zero-order valence-electron chi connectivity index (χ0n) is 10.4. The van der Waals surface area contributed by atoms with Crippen molar-refractivity contribution in [3.8, 4) is 0 Å². The van der Waals surface area contributed by atoms with E-state index in [1.54, 1.807) is 0 Å². The first-order valence-electron chi connectivity index (χ1n) is 5.95. The van der Waals surface area contributed by atoms with Gasteiger partial charge in [0, 0.05) is 40.1 Å². The topological polar surface area (TPSA) is 25.2 Å². The highest BCUT2D eigenvalue weighted by atomic mass is 79.9. The number of aromatic nitrogens is 1. The van der Waals surface area contributed by atoms with Crippen molar-refractivity contribution in [2.75, 3.05) is 6.61 Å². The van der Waals surface area contributed by atoms with Crippen LogP contribution in [0.5, 0.6) is 0 Å². The highest BCUT2D eigenvalue weighted by molar-refractivity contribution is 9.10. The molecule has 1 unspecified atom stereocenters. The van der Waals surface area contributed by atoms with Gasteiger partial charge in [-0.3, -0.25) is 0 Å². The average molecular weight is 296 g/mol. The number of nitrogens with zero attached hydrogens (tertiary/aromatic N) is 1. The maximum Gasteiger partial charge on any atom is 0.0497 e. The van der Waals surface area contributed by atoms with Gasteiger partial charge in [0.25, 0.3) is 0 Å². The van der Waals surface area contributed by atoms with Crippen LogP contribution in [0.2, 0.25) is 0 Å². The molecule has 0 radical (unpaired) electrons. The minimum atomic E-state index is 0.179. The Kier molecular flexibility index (Phi) is 3.59. The first-order valence-corrected chi connectivity index (χ1v) is 6.74. The van der Waals surface area contributed by atoms with E-state index in [0.29, 0.717) is 6.04 Å². The van der Waals surface area contributed by atoms with Gasteiger partial charge in [-0.25, -0.2) is 0 Å². The van der Waals surface area contributed by atoms with Crippen LogP contribution in [0.4, 0.5) is 0 Å². The van der Waals surface area contributed by atoms with Crippen molar-refractivity contribution in [1.29, 1.82) is 0 Å². The van der Waals surface area contributed by atoms with Crippen molar-refractivity contribution in [2.45, 2.75) is 32.7 Å². The normalized spacial score (nSPS) is 13.5. The van der Waals surface area contributed by atoms with Gasteiger partial charge in [-0.05, 0) is 31.5 Å². The molecule has 1 N–H and O–H groups in total. The molecular formula is C14H18BrNO. The van der Waals surface area contributed by atoms with Gasteiger partial charge >= 0.3 is 0 Å². The van der Waals surface area contributed by atoms with Gasteiger partial charge in [0.15, 0.2) is 0 Å². The summed E-state index contributed by atoms with van der Waals surface area (Å²) in [7, 11) is 0. The molecular weight excluding hydrogens is 278 g/mol. The smallest absolute Gasteiger partial charge is 0.0497 e. The van der Waals surface area contributed by atoms with Crippen LogP contribution in [0.1, 0.15) is 38.3 Å². The van der Waals surface area contributed by atoms with E-state index in [2.05, 4.69) is 65.7 Å². The summed E-state index contributed by atoms with van der Waals surface area (Å²) in [5.74, 6) is 0.179. The van der Waals surface area contributed by atoms with Crippen LogP contribution in [0.25, 0.3) is 10.9 Å². The molecule has 0 aliphatic heterocycles. The molecule has 2 rings (SSSR count). The van der Waals surface area contributed by atoms with Gasteiger partial charge in [0.05, 0.1) is 0 Å². The predicted octanol–water partition coefficient (Wildman–Crippen LogP) is 4.08. The van der Waals surface area contributed by atoms with Gasteiger partial charge in [-0.15, -0.1) is 0 Å². The van der Waals surface area contributed by atoms with Gasteiger partial charge in [0.1, 0.15) is 0 Å². The van der Waals surface area contributed by atoms with Crippen LogP contribution in [0, 0.1) is 0 Å². The molecule has 17 heavy (non-hydrogen) atoms. The maximum atomic E-state index is 9.33. The molecule has 1 aromatic carbocycles. The minimum absolute atomic E-state index is 0.179. The van der Waals surface area contributed by atoms with Crippen molar-refractivity contribution >= 4 is 26.8 Å². The van der Waals surface area contributed by atoms with E-state index in [1.807, 2.05) is 0 Å². The summed E-state index contributed by atoms with van der Waals surface area (Å²) < 4.78 is 3.36. The molecule has 0 fully saturated rings. The maximum absolute atomic E-state index is 9.33. The van der Waals surface area contributed by atoms with E-state index in [-0.39, 0.29) is 12.5 Å². The van der Waals surface area contributed by atoms with Gasteiger partial charge < -0.3 is 9.67 Å². The molecule has 92 valence electrons. The Balaban J connectivity index is 2.70. The monoisotopic (exact) mass is 295 g/mol. The molecule has 0 bridgehead atoms. The molecule has 2 aromatic rings. The van der Waals surface area contributed by atoms with E-state index in [0.717, 1.165) is 4.47 Å². The van der Waals surface area contributed by atoms with Crippen LogP contribution in [0.15, 0.2) is 28.9 Å². The molecule has 1 aromatic heterocycles. The summed E-state index contributed by atoms with van der Waals surface area (Å²) in [5, 5.41) is 10.6. The Labute approximate surface area is 110 Å². The zero-order valence-corrected chi connectivity index (χ0v) is 12.0. The molecule has 3 heteroatoms. The fourth-order valence-electron chi connectivity index (χ4n) is 2.17. The Bertz CT molecular complexity index is 530. The van der Waals surface area contributed by atoms with E-state index in [9.17, 15) is 5.11 Å². The predicted molar refractivity (Wildman–Crippen MR) is 75.5 cm³/mol. The molecule has 1 heterocycles. The summed E-state index contributed by atoms with van der Waals surface area (Å²) in [6.45, 7) is 6.59. The Hall–Kier alpha value is -0.800. The fourth-order valence-corrected chi connectivity index (χ4v) is 2.52. The second-order valence-corrected chi connectivity index (χ2v) is 5.75. The van der Waals surface area contributed by atoms with E-state index < -0.39 is 0 Å². The minimum Gasteiger partial charge on any atom is -0.396 e. The molecule has 0 aliphatic carbocycles. The lowest BCUT2D eigenvalue weighted by Gasteiger charge is -2.09. The molecule has 0 aliphatic rings. The van der Waals surface area contributed by atoms with E-state index >= 15 is 0 Å². The number of benzene rings is 1. The first-order chi connectivity index (χ1) is 8.04. The van der Waals surface area contributed by atoms with Crippen molar-refractivity contribution < 1.29 is 5.11 Å². The number of hydrogen-bond donors (Lipinski definition) is 1. The van der Waals surface area contributed by atoms with Crippen molar-refractivity contribution in [3.63, 3.8) is 0 Å². The summed E-state index contributed by atoms with van der Waals surface area (Å²) in [5.41, 5.74) is 2.45. The molecule has 0 saturated carbocycles. The Morgan fingerprint density at radius 2 is 2.00 bits per heavy atom. The average Bonchev–Trinajstić information content (AvgIpc) is 2.66. The third-order valence-corrected chi connectivity index (χ3v) is 3.68. The standard InChI is InChI=1S/C14H18BrNO/c1-9(2)16-7-13(10(3)8-17)12-5-4-11(15)6-14(12)16/h4-7,9-10,17H,8H2,1-3H3. The molecule has 2 nitrogen and oxygen atoms in total. The fraction of sp³-hybridized carbons (Fsp3) is 0.429. The Morgan fingerprint density at radius 1 is 1.29 bits per heavy atom. The summed E-state index contributed by atoms with van der Waals surface area (Å²) in [6, 6.07) is 6.75. The summed E-state index contributed by atoms with van der Waals surface area (Å²) in [4.78, 5) is 0. The molecule has 0 spiro atoms. The Morgan fingerprint density at radius 3 is 2.59 bits per heavy atom. The number of aliphatic hydroxyl groups excluding tert-OH is 1. The van der Waals surface area contributed by atoms with Gasteiger partial charge in [-0.2, -0.15) is 0 Å². The highest BCUT2D eigenvalue weighted by Gasteiger charge is 2.15. The number of halogens is 1. The van der Waals surface area contributed by atoms with Crippen molar-refractivity contribution in [3.05, 3.63) is 34.4 Å². The van der Waals surface area contributed by atoms with Crippen LogP contribution < -0.4 is 0 Å². The lowest BCUT2D eigenvalue weighted by atomic mass is 10.0. The third kappa shape index (κ3) is 2.26. The van der Waals surface area contributed by atoms with Gasteiger partial charge in [0.2, 0.25) is 0 Å². The number of rotatable bonds is 3. The zero-order chi connectivity index (χ0) is 12.6. The number of fused-ring (bicyclic) bond motifs is 1. The molecule has 0 saturated heterocycles. The second-order valence-electron chi connectivity index (χ2n) is 4.83. The quantitative estimate of drug-likeness (QED) is 0.907. The van der Waals surface area contributed by atoms with E-state index in [4.69, 9.17) is 0 Å². The molecule has 1 atom stereocenters. The van der Waals surface area contributed by atoms with Crippen LogP contribution >= 0.6 is 15.9 Å². The highest BCUT2D eigenvalue weighted by Crippen LogP contribution is 2.31. The van der Waals surface area contributed by atoms with E-state index in [1.165, 1.54) is 16.5 Å². The van der Waals surface area contributed by atoms with Crippen LogP contribution in [-0.2, 0) is 0 Å².